The summed E-state index contributed by atoms with van der Waals surface area (Å²) < 4.78 is 6.52. The second kappa shape index (κ2) is 12.8. The van der Waals surface area contributed by atoms with Crippen LogP contribution in [0.2, 0.25) is 0 Å². The normalized spacial score (nSPS) is 13.8. The topological polar surface area (TPSA) is 135 Å². The molecule has 216 valence electrons. The molecule has 0 saturated carbocycles. The Balaban J connectivity index is 1.41. The van der Waals surface area contributed by atoms with E-state index in [9.17, 15) is 19.2 Å². The highest BCUT2D eigenvalue weighted by atomic mass is 32.1. The summed E-state index contributed by atoms with van der Waals surface area (Å²) in [6.07, 6.45) is 2.52. The Kier molecular flexibility index (Phi) is 8.77. The summed E-state index contributed by atoms with van der Waals surface area (Å²) in [5.74, 6) is -1.79. The van der Waals surface area contributed by atoms with Crippen LogP contribution < -0.4 is 20.7 Å². The molecule has 0 bridgehead atoms. The zero-order valence-electron chi connectivity index (χ0n) is 23.1. The number of carbonyl (C=O) groups excluding carboxylic acids is 4. The zero-order chi connectivity index (χ0) is 29.6. The van der Waals surface area contributed by atoms with Gasteiger partial charge in [0.25, 0.3) is 5.91 Å². The van der Waals surface area contributed by atoms with Crippen molar-refractivity contribution in [2.75, 3.05) is 25.0 Å². The molecule has 1 aromatic heterocycles. The minimum atomic E-state index is -0.990. The molecule has 3 aromatic carbocycles. The summed E-state index contributed by atoms with van der Waals surface area (Å²) in [7, 11) is 1.63. The van der Waals surface area contributed by atoms with Crippen LogP contribution in [-0.4, -0.2) is 59.9 Å². The fourth-order valence-corrected chi connectivity index (χ4v) is 5.59. The molecular weight excluding hydrogens is 554 g/mol. The molecule has 0 spiro atoms. The van der Waals surface area contributed by atoms with Crippen molar-refractivity contribution in [3.05, 3.63) is 88.9 Å². The number of nitrogens with two attached hydrogens (primary N) is 1. The number of likely N-dealkylation sites (N-methyl/N-ethyl adjacent to an activating group) is 1. The Morgan fingerprint density at radius 2 is 1.76 bits per heavy atom. The van der Waals surface area contributed by atoms with Gasteiger partial charge in [0.15, 0.2) is 0 Å². The summed E-state index contributed by atoms with van der Waals surface area (Å²) in [6.45, 7) is 1.19. The standard InChI is InChI=1S/C31H31N5O5S/c1-35(21-10-13-27-25(17-21)33-19-42-27)30(39)26(16-20-8-4-2-5-9-20)34-29(38)24-18-22(11-12-23(24)28(32)37)41-31(40)36-14-6-3-7-15-36/h2,4-5,8-13,17-19,26H,3,6-7,14-16H2,1H3,(H2,32,37)(H,34,38)/t26-/m0/s1. The van der Waals surface area contributed by atoms with Gasteiger partial charge in [0, 0.05) is 32.2 Å². The number of nitrogens with zero attached hydrogens (tertiary/aromatic N) is 3. The predicted molar refractivity (Wildman–Crippen MR) is 161 cm³/mol. The quantitative estimate of drug-likeness (QED) is 0.315. The van der Waals surface area contributed by atoms with E-state index < -0.39 is 23.9 Å². The van der Waals surface area contributed by atoms with Gasteiger partial charge in [0.05, 0.1) is 26.9 Å². The summed E-state index contributed by atoms with van der Waals surface area (Å²) in [6, 6.07) is 17.9. The van der Waals surface area contributed by atoms with Crippen LogP contribution in [0, 0.1) is 0 Å². The third-order valence-corrected chi connectivity index (χ3v) is 8.05. The Labute approximate surface area is 247 Å². The van der Waals surface area contributed by atoms with Crippen molar-refractivity contribution in [2.24, 2.45) is 5.73 Å². The number of piperidine rings is 1. The molecule has 1 atom stereocenters. The molecule has 3 N–H and O–H groups in total. The Morgan fingerprint density at radius 3 is 2.50 bits per heavy atom. The summed E-state index contributed by atoms with van der Waals surface area (Å²) >= 11 is 1.50. The molecule has 1 saturated heterocycles. The third-order valence-electron chi connectivity index (χ3n) is 7.24. The predicted octanol–water partition coefficient (Wildman–Crippen LogP) is 4.38. The van der Waals surface area contributed by atoms with E-state index in [1.807, 2.05) is 48.5 Å². The highest BCUT2D eigenvalue weighted by Crippen LogP contribution is 2.25. The van der Waals surface area contributed by atoms with Crippen molar-refractivity contribution < 1.29 is 23.9 Å². The van der Waals surface area contributed by atoms with Gasteiger partial charge < -0.3 is 25.6 Å². The number of aromatic nitrogens is 1. The lowest BCUT2D eigenvalue weighted by Crippen LogP contribution is -2.49. The van der Waals surface area contributed by atoms with Gasteiger partial charge in [0.1, 0.15) is 11.8 Å². The molecule has 1 aliphatic heterocycles. The van der Waals surface area contributed by atoms with Crippen LogP contribution in [0.15, 0.2) is 72.2 Å². The van der Waals surface area contributed by atoms with Gasteiger partial charge in [-0.2, -0.15) is 0 Å². The van der Waals surface area contributed by atoms with Gasteiger partial charge >= 0.3 is 6.09 Å². The maximum absolute atomic E-state index is 13.8. The van der Waals surface area contributed by atoms with Gasteiger partial charge in [0.2, 0.25) is 11.8 Å². The molecule has 11 heteroatoms. The molecule has 4 amide bonds. The number of ether oxygens (including phenoxy) is 1. The van der Waals surface area contributed by atoms with Crippen molar-refractivity contribution in [1.82, 2.24) is 15.2 Å². The minimum Gasteiger partial charge on any atom is -0.410 e. The number of benzene rings is 3. The van der Waals surface area contributed by atoms with Crippen LogP contribution in [0.4, 0.5) is 10.5 Å². The lowest BCUT2D eigenvalue weighted by Gasteiger charge is -2.26. The number of primary amides is 1. The molecule has 42 heavy (non-hydrogen) atoms. The number of nitrogens with one attached hydrogen (secondary N) is 1. The highest BCUT2D eigenvalue weighted by Gasteiger charge is 2.28. The fourth-order valence-electron chi connectivity index (χ4n) is 4.93. The van der Waals surface area contributed by atoms with Crippen LogP contribution in [0.25, 0.3) is 10.2 Å². The van der Waals surface area contributed by atoms with Crippen molar-refractivity contribution >= 4 is 51.1 Å². The van der Waals surface area contributed by atoms with E-state index in [1.165, 1.54) is 34.4 Å². The van der Waals surface area contributed by atoms with E-state index in [0.29, 0.717) is 18.8 Å². The Hall–Kier alpha value is -4.77. The lowest BCUT2D eigenvalue weighted by atomic mass is 10.0. The average molecular weight is 586 g/mol. The summed E-state index contributed by atoms with van der Waals surface area (Å²) in [5, 5.41) is 2.80. The molecule has 5 rings (SSSR count). The van der Waals surface area contributed by atoms with E-state index in [1.54, 1.807) is 17.5 Å². The first kappa shape index (κ1) is 28.7. The number of amides is 4. The maximum atomic E-state index is 13.8. The number of hydrogen-bond donors (Lipinski definition) is 2. The zero-order valence-corrected chi connectivity index (χ0v) is 23.9. The Bertz CT molecular complexity index is 1620. The van der Waals surface area contributed by atoms with E-state index in [0.717, 1.165) is 35.0 Å². The second-order valence-corrected chi connectivity index (χ2v) is 11.0. The van der Waals surface area contributed by atoms with Gasteiger partial charge in [-0.3, -0.25) is 14.4 Å². The van der Waals surface area contributed by atoms with Crippen molar-refractivity contribution in [1.29, 1.82) is 0 Å². The molecule has 4 aromatic rings. The van der Waals surface area contributed by atoms with Crippen LogP contribution in [-0.2, 0) is 11.2 Å². The number of thiazole rings is 1. The number of anilines is 1. The minimum absolute atomic E-state index is 0.0569. The van der Waals surface area contributed by atoms with Crippen LogP contribution >= 0.6 is 11.3 Å². The molecule has 0 aliphatic carbocycles. The molecule has 0 unspecified atom stereocenters. The Morgan fingerprint density at radius 1 is 1.00 bits per heavy atom. The smallest absolute Gasteiger partial charge is 0.410 e. The van der Waals surface area contributed by atoms with Crippen LogP contribution in [0.1, 0.15) is 45.5 Å². The highest BCUT2D eigenvalue weighted by molar-refractivity contribution is 7.16. The fraction of sp³-hybridized carbons (Fsp3) is 0.258. The average Bonchev–Trinajstić information content (AvgIpc) is 3.49. The van der Waals surface area contributed by atoms with Crippen LogP contribution in [0.3, 0.4) is 0 Å². The molecular formula is C31H31N5O5S. The molecule has 2 heterocycles. The number of carbonyl (C=O) groups is 4. The first-order valence-electron chi connectivity index (χ1n) is 13.7. The number of likely N-dealkylation sites (tertiary alicyclic amines) is 1. The molecule has 1 aliphatic rings. The molecule has 1 fully saturated rings. The van der Waals surface area contributed by atoms with Gasteiger partial charge in [-0.05, 0) is 61.2 Å². The molecule has 0 radical (unpaired) electrons. The summed E-state index contributed by atoms with van der Waals surface area (Å²) in [5.41, 5.74) is 9.39. The van der Waals surface area contributed by atoms with Gasteiger partial charge in [-0.1, -0.05) is 30.3 Å². The van der Waals surface area contributed by atoms with Crippen molar-refractivity contribution in [2.45, 2.75) is 31.7 Å². The van der Waals surface area contributed by atoms with Crippen LogP contribution in [0.5, 0.6) is 5.75 Å². The van der Waals surface area contributed by atoms with Gasteiger partial charge in [-0.15, -0.1) is 11.3 Å². The lowest BCUT2D eigenvalue weighted by molar-refractivity contribution is -0.120. The van der Waals surface area contributed by atoms with E-state index in [-0.39, 0.29) is 29.2 Å². The number of fused-ring (bicyclic) bond motifs is 1. The maximum Gasteiger partial charge on any atom is 0.415 e. The van der Waals surface area contributed by atoms with Crippen molar-refractivity contribution in [3.8, 4) is 5.75 Å². The number of rotatable bonds is 8. The van der Waals surface area contributed by atoms with E-state index >= 15 is 0 Å². The summed E-state index contributed by atoms with van der Waals surface area (Å²) in [4.78, 5) is 59.8. The SMILES string of the molecule is CN(C(=O)[C@H](Cc1ccccc1)NC(=O)c1cc(OC(=O)N2CCCCC2)ccc1C(N)=O)c1ccc2scnc2c1. The molecule has 10 nitrogen and oxygen atoms in total. The number of hydrogen-bond acceptors (Lipinski definition) is 7. The largest absolute Gasteiger partial charge is 0.415 e. The van der Waals surface area contributed by atoms with E-state index in [4.69, 9.17) is 10.5 Å². The van der Waals surface area contributed by atoms with E-state index in [2.05, 4.69) is 10.3 Å². The third kappa shape index (κ3) is 6.58. The first-order valence-corrected chi connectivity index (χ1v) is 14.5. The van der Waals surface area contributed by atoms with Gasteiger partial charge in [-0.25, -0.2) is 9.78 Å². The monoisotopic (exact) mass is 585 g/mol. The first-order chi connectivity index (χ1) is 20.3. The second-order valence-electron chi connectivity index (χ2n) is 10.1. The van der Waals surface area contributed by atoms with Crippen molar-refractivity contribution in [3.63, 3.8) is 0 Å².